The summed E-state index contributed by atoms with van der Waals surface area (Å²) >= 11 is 1.93. The molecule has 1 aromatic rings. The van der Waals surface area contributed by atoms with Crippen molar-refractivity contribution in [2.45, 2.75) is 50.5 Å². The Morgan fingerprint density at radius 3 is 2.53 bits per heavy atom. The van der Waals surface area contributed by atoms with Crippen LogP contribution in [0.25, 0.3) is 0 Å². The number of aliphatic imine (C=N–C) groups is 1. The van der Waals surface area contributed by atoms with Crippen LogP contribution in [0.4, 0.5) is 0 Å². The Bertz CT molecular complexity index is 501. The lowest BCUT2D eigenvalue weighted by Gasteiger charge is -2.19. The summed E-state index contributed by atoms with van der Waals surface area (Å²) in [6.45, 7) is 10.8. The second-order valence-electron chi connectivity index (χ2n) is 6.55. The van der Waals surface area contributed by atoms with Crippen LogP contribution in [0.2, 0.25) is 0 Å². The summed E-state index contributed by atoms with van der Waals surface area (Å²) in [5.74, 6) is 1.78. The fourth-order valence-corrected chi connectivity index (χ4v) is 3.43. The van der Waals surface area contributed by atoms with Crippen molar-refractivity contribution in [2.24, 2.45) is 10.7 Å². The van der Waals surface area contributed by atoms with Gasteiger partial charge < -0.3 is 5.73 Å². The van der Waals surface area contributed by atoms with E-state index in [2.05, 4.69) is 57.8 Å². The molecule has 1 heterocycles. The van der Waals surface area contributed by atoms with E-state index < -0.39 is 0 Å². The van der Waals surface area contributed by atoms with E-state index in [1.165, 1.54) is 10.5 Å². The molecule has 4 heteroatoms. The van der Waals surface area contributed by atoms with Crippen molar-refractivity contribution in [1.29, 1.82) is 0 Å². The van der Waals surface area contributed by atoms with Crippen molar-refractivity contribution in [3.63, 3.8) is 0 Å². The Kier molecular flexibility index (Phi) is 4.63. The minimum absolute atomic E-state index is 0. The molecule has 0 bridgehead atoms. The standard InChI is InChI=1S/C15H22N2S.ClH/c1-14(2,3)17-13(16)10-6-7-12-11(8-10)15(4,5)9-18-12;/h6-8H,9H2,1-5H3,(H2,16,17);1H. The first-order chi connectivity index (χ1) is 8.19. The summed E-state index contributed by atoms with van der Waals surface area (Å²) in [5.41, 5.74) is 8.65. The lowest BCUT2D eigenvalue weighted by atomic mass is 9.86. The molecule has 0 amide bonds. The van der Waals surface area contributed by atoms with Crippen LogP contribution in [0.5, 0.6) is 0 Å². The van der Waals surface area contributed by atoms with Gasteiger partial charge in [-0.2, -0.15) is 0 Å². The number of nitrogens with two attached hydrogens (primary N) is 1. The molecule has 106 valence electrons. The third-order valence-corrected chi connectivity index (χ3v) is 4.58. The maximum atomic E-state index is 6.11. The van der Waals surface area contributed by atoms with Gasteiger partial charge in [-0.15, -0.1) is 24.2 Å². The fraction of sp³-hybridized carbons (Fsp3) is 0.533. The maximum Gasteiger partial charge on any atom is 0.126 e. The number of benzene rings is 1. The lowest BCUT2D eigenvalue weighted by molar-refractivity contribution is 0.583. The summed E-state index contributed by atoms with van der Waals surface area (Å²) < 4.78 is 0. The molecular formula is C15H23ClN2S. The molecule has 0 atom stereocenters. The van der Waals surface area contributed by atoms with Crippen molar-refractivity contribution >= 4 is 30.0 Å². The maximum absolute atomic E-state index is 6.11. The molecule has 0 spiro atoms. The molecule has 19 heavy (non-hydrogen) atoms. The normalized spacial score (nSPS) is 17.8. The van der Waals surface area contributed by atoms with E-state index in [1.807, 2.05) is 11.8 Å². The topological polar surface area (TPSA) is 38.4 Å². The Balaban J connectivity index is 0.00000180. The van der Waals surface area contributed by atoms with Gasteiger partial charge in [0.15, 0.2) is 0 Å². The summed E-state index contributed by atoms with van der Waals surface area (Å²) in [4.78, 5) is 5.92. The van der Waals surface area contributed by atoms with Crippen LogP contribution < -0.4 is 5.73 Å². The minimum atomic E-state index is -0.132. The molecule has 1 aromatic carbocycles. The van der Waals surface area contributed by atoms with Crippen LogP contribution in [0, 0.1) is 0 Å². The zero-order chi connectivity index (χ0) is 13.6. The minimum Gasteiger partial charge on any atom is -0.383 e. The Labute approximate surface area is 126 Å². The molecule has 1 aliphatic heterocycles. The number of thioether (sulfide) groups is 1. The first kappa shape index (κ1) is 16.4. The summed E-state index contributed by atoms with van der Waals surface area (Å²) in [5, 5.41) is 0. The second-order valence-corrected chi connectivity index (χ2v) is 7.57. The smallest absolute Gasteiger partial charge is 0.126 e. The van der Waals surface area contributed by atoms with Gasteiger partial charge in [-0.1, -0.05) is 19.9 Å². The van der Waals surface area contributed by atoms with Gasteiger partial charge in [-0.3, -0.25) is 4.99 Å². The number of hydrogen-bond acceptors (Lipinski definition) is 2. The predicted octanol–water partition coefficient (Wildman–Crippen LogP) is 4.00. The van der Waals surface area contributed by atoms with Gasteiger partial charge in [-0.05, 0) is 38.5 Å². The predicted molar refractivity (Wildman–Crippen MR) is 87.9 cm³/mol. The van der Waals surface area contributed by atoms with Gasteiger partial charge >= 0.3 is 0 Å². The first-order valence-corrected chi connectivity index (χ1v) is 7.31. The molecule has 2 rings (SSSR count). The monoisotopic (exact) mass is 298 g/mol. The zero-order valence-electron chi connectivity index (χ0n) is 12.3. The fourth-order valence-electron chi connectivity index (χ4n) is 2.11. The number of rotatable bonds is 1. The van der Waals surface area contributed by atoms with Gasteiger partial charge in [0, 0.05) is 21.6 Å². The Hall–Kier alpha value is -0.670. The molecule has 0 aromatic heterocycles. The average Bonchev–Trinajstić information content (AvgIpc) is 2.52. The molecule has 1 aliphatic rings. The molecule has 0 fully saturated rings. The van der Waals surface area contributed by atoms with Crippen LogP contribution in [-0.2, 0) is 5.41 Å². The summed E-state index contributed by atoms with van der Waals surface area (Å²) in [7, 11) is 0. The van der Waals surface area contributed by atoms with E-state index >= 15 is 0 Å². The highest BCUT2D eigenvalue weighted by Gasteiger charge is 2.30. The highest BCUT2D eigenvalue weighted by atomic mass is 35.5. The highest BCUT2D eigenvalue weighted by Crippen LogP contribution is 2.43. The van der Waals surface area contributed by atoms with Crippen LogP contribution in [0.3, 0.4) is 0 Å². The summed E-state index contributed by atoms with van der Waals surface area (Å²) in [6.07, 6.45) is 0. The highest BCUT2D eigenvalue weighted by molar-refractivity contribution is 7.99. The van der Waals surface area contributed by atoms with Crippen LogP contribution in [0.1, 0.15) is 45.7 Å². The van der Waals surface area contributed by atoms with Gasteiger partial charge in [0.05, 0.1) is 5.54 Å². The Morgan fingerprint density at radius 2 is 1.95 bits per heavy atom. The first-order valence-electron chi connectivity index (χ1n) is 6.32. The molecular weight excluding hydrogens is 276 g/mol. The Morgan fingerprint density at radius 1 is 1.32 bits per heavy atom. The molecule has 2 nitrogen and oxygen atoms in total. The summed E-state index contributed by atoms with van der Waals surface area (Å²) in [6, 6.07) is 6.47. The number of hydrogen-bond donors (Lipinski definition) is 1. The SMILES string of the molecule is CC(C)(C)N=C(N)c1ccc2c(c1)C(C)(C)CS2.Cl. The van der Waals surface area contributed by atoms with Crippen molar-refractivity contribution < 1.29 is 0 Å². The van der Waals surface area contributed by atoms with Gasteiger partial charge in [-0.25, -0.2) is 0 Å². The largest absolute Gasteiger partial charge is 0.383 e. The quantitative estimate of drug-likeness (QED) is 0.629. The van der Waals surface area contributed by atoms with Crippen molar-refractivity contribution in [1.82, 2.24) is 0 Å². The molecule has 0 aliphatic carbocycles. The lowest BCUT2D eigenvalue weighted by Crippen LogP contribution is -2.22. The van der Waals surface area contributed by atoms with Crippen LogP contribution in [-0.4, -0.2) is 17.1 Å². The third kappa shape index (κ3) is 3.67. The number of nitrogens with zero attached hydrogens (tertiary/aromatic N) is 1. The van der Waals surface area contributed by atoms with E-state index in [-0.39, 0.29) is 23.4 Å². The number of fused-ring (bicyclic) bond motifs is 1. The van der Waals surface area contributed by atoms with E-state index in [9.17, 15) is 0 Å². The van der Waals surface area contributed by atoms with E-state index in [0.717, 1.165) is 11.3 Å². The van der Waals surface area contributed by atoms with Crippen LogP contribution in [0.15, 0.2) is 28.1 Å². The van der Waals surface area contributed by atoms with Crippen molar-refractivity contribution in [3.8, 4) is 0 Å². The average molecular weight is 299 g/mol. The second kappa shape index (κ2) is 5.37. The van der Waals surface area contributed by atoms with Gasteiger partial charge in [0.25, 0.3) is 0 Å². The van der Waals surface area contributed by atoms with E-state index in [1.54, 1.807) is 0 Å². The van der Waals surface area contributed by atoms with Crippen molar-refractivity contribution in [3.05, 3.63) is 29.3 Å². The number of halogens is 1. The van der Waals surface area contributed by atoms with Gasteiger partial charge in [0.1, 0.15) is 5.84 Å². The molecule has 0 unspecified atom stereocenters. The van der Waals surface area contributed by atoms with Gasteiger partial charge in [0.2, 0.25) is 0 Å². The zero-order valence-corrected chi connectivity index (χ0v) is 13.9. The molecule has 0 saturated carbocycles. The molecule has 2 N–H and O–H groups in total. The number of amidine groups is 1. The van der Waals surface area contributed by atoms with Crippen molar-refractivity contribution in [2.75, 3.05) is 5.75 Å². The van der Waals surface area contributed by atoms with E-state index in [4.69, 9.17) is 5.73 Å². The van der Waals surface area contributed by atoms with Crippen LogP contribution >= 0.6 is 24.2 Å². The van der Waals surface area contributed by atoms with E-state index in [0.29, 0.717) is 5.84 Å². The molecule has 0 saturated heterocycles. The third-order valence-electron chi connectivity index (χ3n) is 3.05. The molecule has 0 radical (unpaired) electrons.